The fourth-order valence-corrected chi connectivity index (χ4v) is 2.73. The molecular formula is C7H13ClO2S. The van der Waals surface area contributed by atoms with E-state index in [4.69, 9.17) is 10.7 Å². The first kappa shape index (κ1) is 9.33. The van der Waals surface area contributed by atoms with E-state index < -0.39 is 9.05 Å². The van der Waals surface area contributed by atoms with Gasteiger partial charge in [-0.2, -0.15) is 0 Å². The summed E-state index contributed by atoms with van der Waals surface area (Å²) in [6, 6.07) is 0. The van der Waals surface area contributed by atoms with Gasteiger partial charge in [0.15, 0.2) is 0 Å². The average molecular weight is 197 g/mol. The van der Waals surface area contributed by atoms with Gasteiger partial charge in [0.2, 0.25) is 9.05 Å². The highest BCUT2D eigenvalue weighted by atomic mass is 35.7. The lowest BCUT2D eigenvalue weighted by Gasteiger charge is -2.08. The van der Waals surface area contributed by atoms with Crippen molar-refractivity contribution < 1.29 is 8.42 Å². The second-order valence-corrected chi connectivity index (χ2v) is 6.97. The summed E-state index contributed by atoms with van der Waals surface area (Å²) in [4.78, 5) is 0. The molecule has 1 aliphatic rings. The van der Waals surface area contributed by atoms with Crippen LogP contribution in [0.3, 0.4) is 0 Å². The summed E-state index contributed by atoms with van der Waals surface area (Å²) < 4.78 is 21.7. The standard InChI is InChI=1S/C7H13ClO2S/c1-5(11(8,9)10)6-4-7(6,2)3/h5-6H,4H2,1-3H3. The van der Waals surface area contributed by atoms with Crippen LogP contribution >= 0.6 is 10.7 Å². The fourth-order valence-electron chi connectivity index (χ4n) is 1.51. The Bertz CT molecular complexity index is 256. The number of rotatable bonds is 2. The van der Waals surface area contributed by atoms with Gasteiger partial charge in [-0.25, -0.2) is 8.42 Å². The lowest BCUT2D eigenvalue weighted by Crippen LogP contribution is -2.16. The lowest BCUT2D eigenvalue weighted by molar-refractivity contribution is 0.530. The van der Waals surface area contributed by atoms with Crippen LogP contribution in [0, 0.1) is 11.3 Å². The first-order chi connectivity index (χ1) is 4.75. The molecule has 1 aliphatic carbocycles. The maximum Gasteiger partial charge on any atom is 0.235 e. The molecule has 0 radical (unpaired) electrons. The van der Waals surface area contributed by atoms with Crippen molar-refractivity contribution >= 4 is 19.7 Å². The van der Waals surface area contributed by atoms with E-state index in [1.54, 1.807) is 6.92 Å². The van der Waals surface area contributed by atoms with E-state index in [0.717, 1.165) is 6.42 Å². The van der Waals surface area contributed by atoms with Gasteiger partial charge in [0.1, 0.15) is 0 Å². The molecule has 0 amide bonds. The molecule has 0 aromatic rings. The van der Waals surface area contributed by atoms with Crippen molar-refractivity contribution in [2.24, 2.45) is 11.3 Å². The van der Waals surface area contributed by atoms with Crippen LogP contribution in [-0.2, 0) is 9.05 Å². The smallest absolute Gasteiger partial charge is 0.212 e. The Morgan fingerprint density at radius 1 is 1.55 bits per heavy atom. The van der Waals surface area contributed by atoms with Crippen molar-refractivity contribution in [3.05, 3.63) is 0 Å². The molecule has 0 aromatic carbocycles. The van der Waals surface area contributed by atoms with E-state index in [9.17, 15) is 8.42 Å². The molecule has 2 unspecified atom stereocenters. The Morgan fingerprint density at radius 2 is 1.91 bits per heavy atom. The van der Waals surface area contributed by atoms with E-state index in [0.29, 0.717) is 0 Å². The SMILES string of the molecule is CC(C1CC1(C)C)S(=O)(=O)Cl. The van der Waals surface area contributed by atoms with Gasteiger partial charge in [0.05, 0.1) is 5.25 Å². The number of halogens is 1. The number of hydrogen-bond donors (Lipinski definition) is 0. The van der Waals surface area contributed by atoms with Gasteiger partial charge >= 0.3 is 0 Å². The minimum absolute atomic E-state index is 0.182. The topological polar surface area (TPSA) is 34.1 Å². The summed E-state index contributed by atoms with van der Waals surface area (Å²) in [5.41, 5.74) is 0.182. The van der Waals surface area contributed by atoms with Crippen LogP contribution in [0.4, 0.5) is 0 Å². The van der Waals surface area contributed by atoms with Gasteiger partial charge < -0.3 is 0 Å². The summed E-state index contributed by atoms with van der Waals surface area (Å²) in [5.74, 6) is 0.255. The minimum atomic E-state index is -3.34. The third-order valence-electron chi connectivity index (χ3n) is 2.60. The van der Waals surface area contributed by atoms with E-state index in [1.165, 1.54) is 0 Å². The lowest BCUT2D eigenvalue weighted by atomic mass is 10.1. The monoisotopic (exact) mass is 196 g/mol. The zero-order chi connectivity index (χ0) is 8.86. The molecule has 2 atom stereocenters. The summed E-state index contributed by atoms with van der Waals surface area (Å²) in [5, 5.41) is -0.390. The third kappa shape index (κ3) is 1.88. The molecule has 1 rings (SSSR count). The largest absolute Gasteiger partial charge is 0.235 e. The molecule has 0 aliphatic heterocycles. The van der Waals surface area contributed by atoms with Crippen LogP contribution in [0.25, 0.3) is 0 Å². The minimum Gasteiger partial charge on any atom is -0.212 e. The molecule has 0 N–H and O–H groups in total. The third-order valence-corrected chi connectivity index (χ3v) is 4.66. The van der Waals surface area contributed by atoms with Gasteiger partial charge in [-0.15, -0.1) is 0 Å². The van der Waals surface area contributed by atoms with Crippen LogP contribution in [-0.4, -0.2) is 13.7 Å². The molecule has 1 saturated carbocycles. The van der Waals surface area contributed by atoms with Gasteiger partial charge in [0.25, 0.3) is 0 Å². The second kappa shape index (κ2) is 2.36. The predicted octanol–water partition coefficient (Wildman–Crippen LogP) is 1.99. The number of hydrogen-bond acceptors (Lipinski definition) is 2. The summed E-state index contributed by atoms with van der Waals surface area (Å²) in [6.07, 6.45) is 0.972. The van der Waals surface area contributed by atoms with Crippen molar-refractivity contribution in [3.8, 4) is 0 Å². The van der Waals surface area contributed by atoms with Crippen molar-refractivity contribution in [2.45, 2.75) is 32.4 Å². The van der Waals surface area contributed by atoms with Gasteiger partial charge in [-0.3, -0.25) is 0 Å². The summed E-state index contributed by atoms with van der Waals surface area (Å²) >= 11 is 0. The highest BCUT2D eigenvalue weighted by molar-refractivity contribution is 8.14. The van der Waals surface area contributed by atoms with E-state index in [2.05, 4.69) is 13.8 Å². The quantitative estimate of drug-likeness (QED) is 0.633. The Kier molecular flexibility index (Phi) is 2.00. The molecule has 0 spiro atoms. The molecule has 1 fully saturated rings. The van der Waals surface area contributed by atoms with Crippen LogP contribution in [0.5, 0.6) is 0 Å². The van der Waals surface area contributed by atoms with Gasteiger partial charge in [0, 0.05) is 10.7 Å². The Labute approximate surface area is 72.4 Å². The van der Waals surface area contributed by atoms with Crippen molar-refractivity contribution in [2.75, 3.05) is 0 Å². The summed E-state index contributed by atoms with van der Waals surface area (Å²) in [7, 11) is 1.88. The van der Waals surface area contributed by atoms with Crippen molar-refractivity contribution in [3.63, 3.8) is 0 Å². The van der Waals surface area contributed by atoms with Gasteiger partial charge in [-0.1, -0.05) is 13.8 Å². The molecule has 11 heavy (non-hydrogen) atoms. The van der Waals surface area contributed by atoms with E-state index in [1.807, 2.05) is 0 Å². The highest BCUT2D eigenvalue weighted by Gasteiger charge is 2.51. The second-order valence-electron chi connectivity index (χ2n) is 3.98. The Morgan fingerprint density at radius 3 is 2.00 bits per heavy atom. The zero-order valence-corrected chi connectivity index (χ0v) is 8.54. The molecule has 0 saturated heterocycles. The van der Waals surface area contributed by atoms with Gasteiger partial charge in [-0.05, 0) is 24.7 Å². The zero-order valence-electron chi connectivity index (χ0n) is 6.96. The normalized spacial score (nSPS) is 31.5. The van der Waals surface area contributed by atoms with Crippen LogP contribution in [0.1, 0.15) is 27.2 Å². The molecular weight excluding hydrogens is 184 g/mol. The van der Waals surface area contributed by atoms with Crippen LogP contribution in [0.2, 0.25) is 0 Å². The maximum absolute atomic E-state index is 10.9. The first-order valence-electron chi connectivity index (χ1n) is 3.68. The van der Waals surface area contributed by atoms with Crippen molar-refractivity contribution in [1.29, 1.82) is 0 Å². The molecule has 0 heterocycles. The molecule has 66 valence electrons. The predicted molar refractivity (Wildman–Crippen MR) is 46.1 cm³/mol. The highest BCUT2D eigenvalue weighted by Crippen LogP contribution is 2.55. The molecule has 2 nitrogen and oxygen atoms in total. The van der Waals surface area contributed by atoms with Crippen molar-refractivity contribution in [1.82, 2.24) is 0 Å². The Hall–Kier alpha value is 0.240. The van der Waals surface area contributed by atoms with Crippen LogP contribution in [0.15, 0.2) is 0 Å². The fraction of sp³-hybridized carbons (Fsp3) is 1.00. The first-order valence-corrected chi connectivity index (χ1v) is 6.06. The van der Waals surface area contributed by atoms with Crippen LogP contribution < -0.4 is 0 Å². The molecule has 4 heteroatoms. The molecule has 0 aromatic heterocycles. The maximum atomic E-state index is 10.9. The van der Waals surface area contributed by atoms with E-state index in [-0.39, 0.29) is 16.6 Å². The van der Waals surface area contributed by atoms with E-state index >= 15 is 0 Å². The molecule has 0 bridgehead atoms. The summed E-state index contributed by atoms with van der Waals surface area (Å²) in [6.45, 7) is 5.81. The Balaban J connectivity index is 2.67. The average Bonchev–Trinajstić information content (AvgIpc) is 2.36.